The molecule has 2 aliphatic heterocycles. The molecule has 1 atom stereocenters. The molecular weight excluding hydrogens is 358 g/mol. The Morgan fingerprint density at radius 2 is 2.22 bits per heavy atom. The van der Waals surface area contributed by atoms with Crippen LogP contribution in [0.2, 0.25) is 0 Å². The molecule has 0 saturated carbocycles. The van der Waals surface area contributed by atoms with Gasteiger partial charge in [0.1, 0.15) is 11.9 Å². The summed E-state index contributed by atoms with van der Waals surface area (Å²) in [5.74, 6) is 2.55. The van der Waals surface area contributed by atoms with Crippen molar-refractivity contribution in [2.45, 2.75) is 43.6 Å². The zero-order valence-corrected chi connectivity index (χ0v) is 16.1. The molecule has 4 rings (SSSR count). The number of hydrogen-bond donors (Lipinski definition) is 1. The van der Waals surface area contributed by atoms with E-state index in [0.717, 1.165) is 47.8 Å². The number of hydrogen-bond acceptors (Lipinski definition) is 6. The number of nitrogens with zero attached hydrogens (tertiary/aromatic N) is 2. The van der Waals surface area contributed by atoms with Crippen molar-refractivity contribution in [2.24, 2.45) is 0 Å². The van der Waals surface area contributed by atoms with Crippen molar-refractivity contribution in [1.29, 1.82) is 5.26 Å². The van der Waals surface area contributed by atoms with Gasteiger partial charge in [0.05, 0.1) is 30.6 Å². The summed E-state index contributed by atoms with van der Waals surface area (Å²) in [5.41, 5.74) is 5.19. The molecule has 2 aliphatic rings. The lowest BCUT2D eigenvalue weighted by Crippen LogP contribution is -2.13. The molecule has 1 saturated heterocycles. The van der Waals surface area contributed by atoms with Crippen molar-refractivity contribution in [3.8, 4) is 6.07 Å². The summed E-state index contributed by atoms with van der Waals surface area (Å²) in [4.78, 5) is 4.66. The van der Waals surface area contributed by atoms with Crippen molar-refractivity contribution >= 4 is 17.6 Å². The van der Waals surface area contributed by atoms with Crippen LogP contribution in [0, 0.1) is 11.3 Å². The highest BCUT2D eigenvalue weighted by Gasteiger charge is 2.17. The van der Waals surface area contributed by atoms with Gasteiger partial charge in [0.15, 0.2) is 0 Å². The Morgan fingerprint density at radius 3 is 3.07 bits per heavy atom. The predicted octanol–water partition coefficient (Wildman–Crippen LogP) is 4.01. The van der Waals surface area contributed by atoms with Crippen molar-refractivity contribution < 1.29 is 9.47 Å². The average Bonchev–Trinajstić information content (AvgIpc) is 3.37. The lowest BCUT2D eigenvalue weighted by Gasteiger charge is -2.12. The summed E-state index contributed by atoms with van der Waals surface area (Å²) in [6.45, 7) is 2.74. The third-order valence-electron chi connectivity index (χ3n) is 4.86. The number of thioether (sulfide) groups is 1. The fraction of sp³-hybridized carbons (Fsp3) is 0.429. The average molecular weight is 382 g/mol. The van der Waals surface area contributed by atoms with Gasteiger partial charge in [-0.25, -0.2) is 4.98 Å². The molecule has 3 heterocycles. The van der Waals surface area contributed by atoms with Gasteiger partial charge < -0.3 is 14.8 Å². The van der Waals surface area contributed by atoms with Crippen LogP contribution >= 0.6 is 11.8 Å². The van der Waals surface area contributed by atoms with Crippen LogP contribution in [0.5, 0.6) is 0 Å². The third-order valence-corrected chi connectivity index (χ3v) is 5.85. The predicted molar refractivity (Wildman–Crippen MR) is 106 cm³/mol. The number of pyridine rings is 1. The molecule has 0 amide bonds. The highest BCUT2D eigenvalue weighted by molar-refractivity contribution is 7.98. The molecule has 0 spiro atoms. The molecule has 1 aromatic heterocycles. The summed E-state index contributed by atoms with van der Waals surface area (Å²) in [6.07, 6.45) is 2.48. The van der Waals surface area contributed by atoms with Gasteiger partial charge in [0.25, 0.3) is 0 Å². The first-order valence-electron chi connectivity index (χ1n) is 9.33. The van der Waals surface area contributed by atoms with E-state index in [2.05, 4.69) is 34.6 Å². The maximum atomic E-state index is 9.41. The second kappa shape index (κ2) is 8.75. The Bertz CT molecular complexity index is 844. The van der Waals surface area contributed by atoms with E-state index in [1.807, 2.05) is 23.9 Å². The van der Waals surface area contributed by atoms with Crippen molar-refractivity contribution in [1.82, 2.24) is 4.98 Å². The fourth-order valence-corrected chi connectivity index (χ4v) is 4.43. The molecule has 27 heavy (non-hydrogen) atoms. The number of nitrogens with one attached hydrogen (secondary N) is 1. The number of nitriles is 1. The van der Waals surface area contributed by atoms with Gasteiger partial charge in [-0.15, -0.1) is 0 Å². The summed E-state index contributed by atoms with van der Waals surface area (Å²) >= 11 is 1.84. The van der Waals surface area contributed by atoms with E-state index in [9.17, 15) is 5.26 Å². The van der Waals surface area contributed by atoms with E-state index in [1.165, 1.54) is 5.56 Å². The van der Waals surface area contributed by atoms with Crippen LogP contribution in [0.25, 0.3) is 0 Å². The zero-order valence-electron chi connectivity index (χ0n) is 15.2. The Morgan fingerprint density at radius 1 is 1.30 bits per heavy atom. The zero-order chi connectivity index (χ0) is 18.5. The van der Waals surface area contributed by atoms with Gasteiger partial charge in [0.2, 0.25) is 0 Å². The monoisotopic (exact) mass is 381 g/mol. The normalized spacial score (nSPS) is 18.3. The van der Waals surface area contributed by atoms with Crippen molar-refractivity contribution in [3.63, 3.8) is 0 Å². The standard InChI is InChI=1S/C21H23N3O2S/c22-9-17-8-18-13-27-14-20(18)24-21(17)23-10-15-3-1-4-16(7-15)11-25-12-19-5-2-6-26-19/h1,3-4,7-8,19H,2,5-6,10-14H2,(H,23,24). The number of ether oxygens (including phenoxy) is 2. The number of fused-ring (bicyclic) bond motifs is 1. The van der Waals surface area contributed by atoms with Crippen LogP contribution in [0.15, 0.2) is 30.3 Å². The Kier molecular flexibility index (Phi) is 5.93. The minimum absolute atomic E-state index is 0.253. The van der Waals surface area contributed by atoms with Crippen LogP contribution in [0.3, 0.4) is 0 Å². The fourth-order valence-electron chi connectivity index (χ4n) is 3.42. The number of aromatic nitrogens is 1. The van der Waals surface area contributed by atoms with Crippen LogP contribution in [0.1, 0.15) is 40.8 Å². The van der Waals surface area contributed by atoms with Gasteiger partial charge in [0, 0.05) is 24.7 Å². The molecule has 0 radical (unpaired) electrons. The highest BCUT2D eigenvalue weighted by Crippen LogP contribution is 2.31. The quantitative estimate of drug-likeness (QED) is 0.782. The van der Waals surface area contributed by atoms with E-state index in [1.54, 1.807) is 0 Å². The van der Waals surface area contributed by atoms with Gasteiger partial charge in [-0.3, -0.25) is 0 Å². The van der Waals surface area contributed by atoms with Crippen LogP contribution in [0.4, 0.5) is 5.82 Å². The first kappa shape index (κ1) is 18.3. The number of anilines is 1. The molecule has 6 heteroatoms. The third kappa shape index (κ3) is 4.62. The van der Waals surface area contributed by atoms with Gasteiger partial charge in [-0.2, -0.15) is 17.0 Å². The summed E-state index contributed by atoms with van der Waals surface area (Å²) in [5, 5.41) is 12.7. The molecule has 1 fully saturated rings. The molecule has 0 aliphatic carbocycles. The molecule has 0 bridgehead atoms. The Labute approximate surface area is 164 Å². The molecule has 1 aromatic carbocycles. The van der Waals surface area contributed by atoms with Crippen LogP contribution < -0.4 is 5.32 Å². The topological polar surface area (TPSA) is 67.2 Å². The number of benzene rings is 1. The molecule has 1 N–H and O–H groups in total. The van der Waals surface area contributed by atoms with Crippen LogP contribution in [-0.2, 0) is 34.1 Å². The minimum Gasteiger partial charge on any atom is -0.376 e. The molecule has 5 nitrogen and oxygen atoms in total. The largest absolute Gasteiger partial charge is 0.376 e. The first-order chi connectivity index (χ1) is 13.3. The van der Waals surface area contributed by atoms with E-state index in [0.29, 0.717) is 31.1 Å². The molecule has 140 valence electrons. The first-order valence-corrected chi connectivity index (χ1v) is 10.5. The van der Waals surface area contributed by atoms with Gasteiger partial charge >= 0.3 is 0 Å². The summed E-state index contributed by atoms with van der Waals surface area (Å²) < 4.78 is 11.4. The Balaban J connectivity index is 1.35. The van der Waals surface area contributed by atoms with Gasteiger partial charge in [-0.1, -0.05) is 24.3 Å². The van der Waals surface area contributed by atoms with Crippen molar-refractivity contribution in [2.75, 3.05) is 18.5 Å². The molecule has 1 unspecified atom stereocenters. The second-order valence-corrected chi connectivity index (χ2v) is 7.90. The Hall–Kier alpha value is -2.07. The van der Waals surface area contributed by atoms with Crippen molar-refractivity contribution in [3.05, 3.63) is 58.3 Å². The lowest BCUT2D eigenvalue weighted by atomic mass is 10.1. The molecular formula is C21H23N3O2S. The van der Waals surface area contributed by atoms with E-state index in [-0.39, 0.29) is 6.10 Å². The van der Waals surface area contributed by atoms with E-state index >= 15 is 0 Å². The lowest BCUT2D eigenvalue weighted by molar-refractivity contribution is 0.0106. The smallest absolute Gasteiger partial charge is 0.144 e. The van der Waals surface area contributed by atoms with E-state index < -0.39 is 0 Å². The maximum Gasteiger partial charge on any atom is 0.144 e. The second-order valence-electron chi connectivity index (χ2n) is 6.92. The SMILES string of the molecule is N#Cc1cc2c(nc1NCc1cccc(COCC3CCCO3)c1)CSC2. The van der Waals surface area contributed by atoms with Gasteiger partial charge in [-0.05, 0) is 35.6 Å². The van der Waals surface area contributed by atoms with Crippen LogP contribution in [-0.4, -0.2) is 24.3 Å². The summed E-state index contributed by atoms with van der Waals surface area (Å²) in [6, 6.07) is 12.6. The number of rotatable bonds is 7. The molecule has 2 aromatic rings. The maximum absolute atomic E-state index is 9.41. The highest BCUT2D eigenvalue weighted by atomic mass is 32.2. The summed E-state index contributed by atoms with van der Waals surface area (Å²) in [7, 11) is 0. The van der Waals surface area contributed by atoms with E-state index in [4.69, 9.17) is 9.47 Å². The minimum atomic E-state index is 0.253.